The number of aromatic nitrogens is 1. The molecule has 2 atom stereocenters. The summed E-state index contributed by atoms with van der Waals surface area (Å²) in [7, 11) is 4.08. The standard InChI is InChI=1S/C16H27N3O/c1-5-13(2)15(12-19(3)4)18-16(20)7-6-14-8-10-17-11-9-14/h8-11,13,15H,5-7,12H2,1-4H3,(H,18,20)/t13-,15+/m0/s1. The Balaban J connectivity index is 2.45. The topological polar surface area (TPSA) is 45.2 Å². The first-order valence-electron chi connectivity index (χ1n) is 7.36. The monoisotopic (exact) mass is 277 g/mol. The summed E-state index contributed by atoms with van der Waals surface area (Å²) in [4.78, 5) is 18.2. The summed E-state index contributed by atoms with van der Waals surface area (Å²) in [5, 5.41) is 3.17. The van der Waals surface area contributed by atoms with E-state index >= 15 is 0 Å². The molecule has 0 fully saturated rings. The van der Waals surface area contributed by atoms with E-state index in [1.165, 1.54) is 0 Å². The van der Waals surface area contributed by atoms with Crippen molar-refractivity contribution in [1.29, 1.82) is 0 Å². The number of likely N-dealkylation sites (N-methyl/N-ethyl adjacent to an activating group) is 1. The van der Waals surface area contributed by atoms with Crippen molar-refractivity contribution in [1.82, 2.24) is 15.2 Å². The molecule has 112 valence electrons. The van der Waals surface area contributed by atoms with Gasteiger partial charge < -0.3 is 10.2 Å². The van der Waals surface area contributed by atoms with E-state index in [0.29, 0.717) is 12.3 Å². The Labute approximate surface area is 122 Å². The van der Waals surface area contributed by atoms with Crippen LogP contribution in [-0.2, 0) is 11.2 Å². The van der Waals surface area contributed by atoms with Crippen molar-refractivity contribution in [3.8, 4) is 0 Å². The molecule has 0 aliphatic rings. The van der Waals surface area contributed by atoms with Crippen molar-refractivity contribution < 1.29 is 4.79 Å². The maximum Gasteiger partial charge on any atom is 0.220 e. The molecule has 1 aromatic rings. The average molecular weight is 277 g/mol. The number of hydrogen-bond donors (Lipinski definition) is 1. The van der Waals surface area contributed by atoms with Gasteiger partial charge in [-0.05, 0) is 44.1 Å². The van der Waals surface area contributed by atoms with Crippen LogP contribution in [0.5, 0.6) is 0 Å². The molecule has 1 aromatic heterocycles. The van der Waals surface area contributed by atoms with Gasteiger partial charge in [-0.15, -0.1) is 0 Å². The third-order valence-corrected chi connectivity index (χ3v) is 3.63. The second-order valence-electron chi connectivity index (χ2n) is 5.68. The van der Waals surface area contributed by atoms with E-state index in [1.807, 2.05) is 26.2 Å². The van der Waals surface area contributed by atoms with E-state index in [2.05, 4.69) is 29.0 Å². The number of carbonyl (C=O) groups is 1. The quantitative estimate of drug-likeness (QED) is 0.791. The average Bonchev–Trinajstić information content (AvgIpc) is 2.44. The van der Waals surface area contributed by atoms with Crippen LogP contribution in [0.15, 0.2) is 24.5 Å². The van der Waals surface area contributed by atoms with Crippen LogP contribution >= 0.6 is 0 Å². The molecule has 0 unspecified atom stereocenters. The Morgan fingerprint density at radius 1 is 1.35 bits per heavy atom. The number of aryl methyl sites for hydroxylation is 1. The lowest BCUT2D eigenvalue weighted by atomic mass is 9.98. The fraction of sp³-hybridized carbons (Fsp3) is 0.625. The summed E-state index contributed by atoms with van der Waals surface area (Å²) in [6, 6.07) is 4.14. The minimum atomic E-state index is 0.133. The van der Waals surface area contributed by atoms with E-state index in [4.69, 9.17) is 0 Å². The number of carbonyl (C=O) groups excluding carboxylic acids is 1. The Kier molecular flexibility index (Phi) is 7.23. The maximum atomic E-state index is 12.1. The predicted octanol–water partition coefficient (Wildman–Crippen LogP) is 2.11. The zero-order valence-corrected chi connectivity index (χ0v) is 13.1. The first kappa shape index (κ1) is 16.6. The number of nitrogens with one attached hydrogen (secondary N) is 1. The largest absolute Gasteiger partial charge is 0.352 e. The molecule has 0 bridgehead atoms. The zero-order chi connectivity index (χ0) is 15.0. The van der Waals surface area contributed by atoms with Gasteiger partial charge in [0.1, 0.15) is 0 Å². The lowest BCUT2D eigenvalue weighted by molar-refractivity contribution is -0.122. The molecule has 20 heavy (non-hydrogen) atoms. The van der Waals surface area contributed by atoms with Crippen LogP contribution in [0.4, 0.5) is 0 Å². The van der Waals surface area contributed by atoms with E-state index < -0.39 is 0 Å². The normalized spacial score (nSPS) is 14.1. The van der Waals surface area contributed by atoms with Crippen molar-refractivity contribution in [2.24, 2.45) is 5.92 Å². The molecule has 1 heterocycles. The molecule has 1 rings (SSSR count). The highest BCUT2D eigenvalue weighted by Crippen LogP contribution is 2.09. The molecule has 0 aliphatic carbocycles. The highest BCUT2D eigenvalue weighted by Gasteiger charge is 2.18. The highest BCUT2D eigenvalue weighted by molar-refractivity contribution is 5.76. The Morgan fingerprint density at radius 3 is 2.55 bits per heavy atom. The van der Waals surface area contributed by atoms with Crippen molar-refractivity contribution in [2.45, 2.75) is 39.2 Å². The summed E-state index contributed by atoms with van der Waals surface area (Å²) in [5.74, 6) is 0.622. The van der Waals surface area contributed by atoms with Gasteiger partial charge in [-0.1, -0.05) is 20.3 Å². The number of hydrogen-bond acceptors (Lipinski definition) is 3. The van der Waals surface area contributed by atoms with E-state index in [-0.39, 0.29) is 11.9 Å². The number of pyridine rings is 1. The fourth-order valence-electron chi connectivity index (χ4n) is 2.13. The summed E-state index contributed by atoms with van der Waals surface area (Å²) in [6.07, 6.45) is 5.90. The molecule has 0 aromatic carbocycles. The number of rotatable bonds is 8. The number of nitrogens with zero attached hydrogens (tertiary/aromatic N) is 2. The summed E-state index contributed by atoms with van der Waals surface area (Å²) >= 11 is 0. The SMILES string of the molecule is CC[C@H](C)[C@@H](CN(C)C)NC(=O)CCc1ccncc1. The second-order valence-corrected chi connectivity index (χ2v) is 5.68. The van der Waals surface area contributed by atoms with Crippen molar-refractivity contribution >= 4 is 5.91 Å². The van der Waals surface area contributed by atoms with Gasteiger partial charge in [-0.2, -0.15) is 0 Å². The van der Waals surface area contributed by atoms with Crippen LogP contribution in [0.2, 0.25) is 0 Å². The molecule has 4 nitrogen and oxygen atoms in total. The first-order chi connectivity index (χ1) is 9.52. The van der Waals surface area contributed by atoms with Crippen LogP contribution in [0.1, 0.15) is 32.3 Å². The summed E-state index contributed by atoms with van der Waals surface area (Å²) < 4.78 is 0. The summed E-state index contributed by atoms with van der Waals surface area (Å²) in [5.41, 5.74) is 1.16. The van der Waals surface area contributed by atoms with Gasteiger partial charge in [0.05, 0.1) is 0 Å². The zero-order valence-electron chi connectivity index (χ0n) is 13.1. The van der Waals surface area contributed by atoms with Gasteiger partial charge in [0, 0.05) is 31.4 Å². The van der Waals surface area contributed by atoms with Gasteiger partial charge >= 0.3 is 0 Å². The second kappa shape index (κ2) is 8.69. The first-order valence-corrected chi connectivity index (χ1v) is 7.36. The molecular formula is C16H27N3O. The van der Waals surface area contributed by atoms with Crippen LogP contribution in [0.3, 0.4) is 0 Å². The maximum absolute atomic E-state index is 12.1. The smallest absolute Gasteiger partial charge is 0.220 e. The molecule has 0 spiro atoms. The molecule has 0 saturated heterocycles. The van der Waals surface area contributed by atoms with Crippen molar-refractivity contribution in [2.75, 3.05) is 20.6 Å². The summed E-state index contributed by atoms with van der Waals surface area (Å²) in [6.45, 7) is 5.24. The number of amides is 1. The van der Waals surface area contributed by atoms with Crippen molar-refractivity contribution in [3.05, 3.63) is 30.1 Å². The Morgan fingerprint density at radius 2 is 2.00 bits per heavy atom. The molecular weight excluding hydrogens is 250 g/mol. The molecule has 0 radical (unpaired) electrons. The van der Waals surface area contributed by atoms with Gasteiger partial charge in [-0.25, -0.2) is 0 Å². The highest BCUT2D eigenvalue weighted by atomic mass is 16.1. The molecule has 4 heteroatoms. The third-order valence-electron chi connectivity index (χ3n) is 3.63. The minimum absolute atomic E-state index is 0.133. The van der Waals surface area contributed by atoms with Gasteiger partial charge in [0.25, 0.3) is 0 Å². The van der Waals surface area contributed by atoms with Crippen LogP contribution < -0.4 is 5.32 Å². The predicted molar refractivity (Wildman–Crippen MR) is 82.5 cm³/mol. The van der Waals surface area contributed by atoms with Crippen LogP contribution in [-0.4, -0.2) is 42.5 Å². The Hall–Kier alpha value is -1.42. The minimum Gasteiger partial charge on any atom is -0.352 e. The van der Waals surface area contributed by atoms with Gasteiger partial charge in [0.2, 0.25) is 5.91 Å². The van der Waals surface area contributed by atoms with E-state index in [1.54, 1.807) is 12.4 Å². The van der Waals surface area contributed by atoms with Crippen molar-refractivity contribution in [3.63, 3.8) is 0 Å². The molecule has 1 N–H and O–H groups in total. The lowest BCUT2D eigenvalue weighted by Crippen LogP contribution is -2.45. The van der Waals surface area contributed by atoms with Gasteiger partial charge in [0.15, 0.2) is 0 Å². The van der Waals surface area contributed by atoms with E-state index in [9.17, 15) is 4.79 Å². The third kappa shape index (κ3) is 6.15. The fourth-order valence-corrected chi connectivity index (χ4v) is 2.13. The molecule has 1 amide bonds. The van der Waals surface area contributed by atoms with Crippen LogP contribution in [0, 0.1) is 5.92 Å². The van der Waals surface area contributed by atoms with Crippen LogP contribution in [0.25, 0.3) is 0 Å². The van der Waals surface area contributed by atoms with E-state index in [0.717, 1.165) is 24.9 Å². The molecule has 0 aliphatic heterocycles. The lowest BCUT2D eigenvalue weighted by Gasteiger charge is -2.27. The molecule has 0 saturated carbocycles. The van der Waals surface area contributed by atoms with Gasteiger partial charge in [-0.3, -0.25) is 9.78 Å². The Bertz CT molecular complexity index is 392.